The van der Waals surface area contributed by atoms with Crippen molar-refractivity contribution in [1.29, 1.82) is 0 Å². The summed E-state index contributed by atoms with van der Waals surface area (Å²) >= 11 is 0. The van der Waals surface area contributed by atoms with Gasteiger partial charge in [0.25, 0.3) is 0 Å². The lowest BCUT2D eigenvalue weighted by Gasteiger charge is -2.15. The molecule has 0 saturated carbocycles. The molecule has 2 heteroatoms. The zero-order valence-corrected chi connectivity index (χ0v) is 5.69. The van der Waals surface area contributed by atoms with Crippen LogP contribution in [0.15, 0.2) is 0 Å². The average molecular weight is 117 g/mol. The summed E-state index contributed by atoms with van der Waals surface area (Å²) < 4.78 is 0. The minimum Gasteiger partial charge on any atom is -0.358 e. The molecule has 0 spiro atoms. The van der Waals surface area contributed by atoms with Crippen LogP contribution in [-0.2, 0) is 4.79 Å². The molecule has 0 heterocycles. The molecule has 1 amide bonds. The van der Waals surface area contributed by atoms with Crippen molar-refractivity contribution in [2.24, 2.45) is 5.41 Å². The Hall–Kier alpha value is -0.530. The lowest BCUT2D eigenvalue weighted by atomic mass is 9.97. The summed E-state index contributed by atoms with van der Waals surface area (Å²) in [7, 11) is 0. The Morgan fingerprint density at radius 2 is 2.12 bits per heavy atom. The lowest BCUT2D eigenvalue weighted by molar-refractivity contribution is -0.109. The summed E-state index contributed by atoms with van der Waals surface area (Å²) in [6.45, 7) is 6.97. The van der Waals surface area contributed by atoms with Crippen molar-refractivity contribution in [2.45, 2.75) is 20.8 Å². The van der Waals surface area contributed by atoms with Crippen LogP contribution >= 0.6 is 0 Å². The molecule has 0 aromatic heterocycles. The first kappa shape index (κ1) is 7.47. The minimum atomic E-state index is 0. The Morgan fingerprint density at radius 1 is 1.62 bits per heavy atom. The smallest absolute Gasteiger partial charge is 0.207 e. The van der Waals surface area contributed by atoms with Crippen molar-refractivity contribution >= 4 is 6.41 Å². The van der Waals surface area contributed by atoms with Gasteiger partial charge in [-0.2, -0.15) is 0 Å². The van der Waals surface area contributed by atoms with Gasteiger partial charge in [-0.3, -0.25) is 4.79 Å². The van der Waals surface area contributed by atoms with Gasteiger partial charge < -0.3 is 5.32 Å². The van der Waals surface area contributed by atoms with E-state index in [1.54, 1.807) is 0 Å². The van der Waals surface area contributed by atoms with Crippen LogP contribution in [0.5, 0.6) is 0 Å². The number of hydrogen-bond donors (Lipinski definition) is 1. The van der Waals surface area contributed by atoms with Crippen LogP contribution in [0.2, 0.25) is 0 Å². The molecule has 2 nitrogen and oxygen atoms in total. The van der Waals surface area contributed by atoms with Crippen molar-refractivity contribution < 1.29 is 6.22 Å². The minimum absolute atomic E-state index is 0. The van der Waals surface area contributed by atoms with Crippen LogP contribution in [0, 0.1) is 5.41 Å². The summed E-state index contributed by atoms with van der Waals surface area (Å²) in [5.74, 6) is 0. The van der Waals surface area contributed by atoms with Gasteiger partial charge in [0.2, 0.25) is 6.41 Å². The number of carbonyl (C=O) groups excluding carboxylic acids is 1. The summed E-state index contributed by atoms with van der Waals surface area (Å²) in [6.07, 6.45) is 0.727. The standard InChI is InChI=1S/C6H13NO.H2/c1-6(2,3)4-7-5-8;/h5H,4H2,1-3H3,(H,7,8);1H. The first-order valence-corrected chi connectivity index (χ1v) is 2.73. The highest BCUT2D eigenvalue weighted by molar-refractivity contribution is 5.45. The van der Waals surface area contributed by atoms with Crippen LogP contribution < -0.4 is 5.32 Å². The van der Waals surface area contributed by atoms with Gasteiger partial charge in [-0.15, -0.1) is 0 Å². The molecule has 0 aromatic rings. The molecule has 0 unspecified atom stereocenters. The molecule has 1 N–H and O–H groups in total. The Labute approximate surface area is 51.8 Å². The third-order valence-corrected chi connectivity index (χ3v) is 0.716. The number of rotatable bonds is 2. The highest BCUT2D eigenvalue weighted by Gasteiger charge is 2.07. The topological polar surface area (TPSA) is 29.1 Å². The second-order valence-electron chi connectivity index (χ2n) is 3.06. The molecule has 0 aliphatic carbocycles. The second kappa shape index (κ2) is 2.70. The Morgan fingerprint density at radius 3 is 2.25 bits per heavy atom. The van der Waals surface area contributed by atoms with Crippen LogP contribution in [0.1, 0.15) is 22.2 Å². The monoisotopic (exact) mass is 117 g/mol. The van der Waals surface area contributed by atoms with E-state index in [0.717, 1.165) is 13.0 Å². The van der Waals surface area contributed by atoms with Crippen molar-refractivity contribution in [2.75, 3.05) is 6.54 Å². The fourth-order valence-electron chi connectivity index (χ4n) is 0.348. The third-order valence-electron chi connectivity index (χ3n) is 0.716. The second-order valence-corrected chi connectivity index (χ2v) is 3.06. The van der Waals surface area contributed by atoms with Gasteiger partial charge in [0.15, 0.2) is 0 Å². The molecule has 0 aliphatic rings. The zero-order chi connectivity index (χ0) is 6.62. The SMILES string of the molecule is CC(C)(C)CNC=O.[HH]. The van der Waals surface area contributed by atoms with Gasteiger partial charge in [-0.25, -0.2) is 0 Å². The van der Waals surface area contributed by atoms with Gasteiger partial charge in [-0.1, -0.05) is 20.8 Å². The van der Waals surface area contributed by atoms with Crippen LogP contribution in [0.4, 0.5) is 0 Å². The van der Waals surface area contributed by atoms with E-state index in [-0.39, 0.29) is 6.84 Å². The molecule has 0 fully saturated rings. The highest BCUT2D eigenvalue weighted by Crippen LogP contribution is 2.09. The molecular weight excluding hydrogens is 102 g/mol. The number of hydrogen-bond acceptors (Lipinski definition) is 1. The number of nitrogens with one attached hydrogen (secondary N) is 1. The maximum absolute atomic E-state index is 9.74. The van der Waals surface area contributed by atoms with Crippen molar-refractivity contribution in [3.05, 3.63) is 0 Å². The molecule has 0 aromatic carbocycles. The normalized spacial score (nSPS) is 10.9. The van der Waals surface area contributed by atoms with E-state index in [1.807, 2.05) is 0 Å². The zero-order valence-electron chi connectivity index (χ0n) is 5.69. The first-order valence-electron chi connectivity index (χ1n) is 2.73. The Balaban J connectivity index is 0. The molecule has 0 bridgehead atoms. The van der Waals surface area contributed by atoms with E-state index in [2.05, 4.69) is 26.1 Å². The van der Waals surface area contributed by atoms with Gasteiger partial charge in [-0.05, 0) is 5.41 Å². The summed E-state index contributed by atoms with van der Waals surface area (Å²) in [5, 5.41) is 2.61. The number of carbonyl (C=O) groups is 1. The number of amides is 1. The highest BCUT2D eigenvalue weighted by atomic mass is 16.1. The van der Waals surface area contributed by atoms with E-state index < -0.39 is 0 Å². The average Bonchev–Trinajstić information content (AvgIpc) is 1.59. The first-order chi connectivity index (χ1) is 3.56. The maximum atomic E-state index is 9.74. The third kappa shape index (κ3) is 5.47. The Kier molecular flexibility index (Phi) is 2.52. The molecule has 0 aliphatic heterocycles. The van der Waals surface area contributed by atoms with Crippen molar-refractivity contribution in [1.82, 2.24) is 5.32 Å². The molecule has 0 rings (SSSR count). The van der Waals surface area contributed by atoms with E-state index in [1.165, 1.54) is 0 Å². The van der Waals surface area contributed by atoms with Crippen LogP contribution in [-0.4, -0.2) is 13.0 Å². The van der Waals surface area contributed by atoms with E-state index in [9.17, 15) is 4.79 Å². The molecule has 0 radical (unpaired) electrons. The predicted octanol–water partition coefficient (Wildman–Crippen LogP) is 1.02. The maximum Gasteiger partial charge on any atom is 0.207 e. The van der Waals surface area contributed by atoms with E-state index in [4.69, 9.17) is 0 Å². The predicted molar refractivity (Wildman–Crippen MR) is 35.6 cm³/mol. The quantitative estimate of drug-likeness (QED) is 0.538. The molecule has 0 saturated heterocycles. The van der Waals surface area contributed by atoms with Gasteiger partial charge >= 0.3 is 0 Å². The fourth-order valence-corrected chi connectivity index (χ4v) is 0.348. The largest absolute Gasteiger partial charge is 0.358 e. The molecule has 0 atom stereocenters. The van der Waals surface area contributed by atoms with Crippen LogP contribution in [0.3, 0.4) is 0 Å². The van der Waals surface area contributed by atoms with Gasteiger partial charge in [0.05, 0.1) is 0 Å². The van der Waals surface area contributed by atoms with Gasteiger partial charge in [0.1, 0.15) is 0 Å². The molecule has 50 valence electrons. The molecular formula is C6H15NO. The fraction of sp³-hybridized carbons (Fsp3) is 0.833. The van der Waals surface area contributed by atoms with E-state index in [0.29, 0.717) is 0 Å². The van der Waals surface area contributed by atoms with Gasteiger partial charge in [0, 0.05) is 7.97 Å². The van der Waals surface area contributed by atoms with Crippen molar-refractivity contribution in [3.63, 3.8) is 0 Å². The van der Waals surface area contributed by atoms with Crippen molar-refractivity contribution in [3.8, 4) is 0 Å². The Bertz CT molecular complexity index is 77.6. The summed E-state index contributed by atoms with van der Waals surface area (Å²) in [4.78, 5) is 9.74. The summed E-state index contributed by atoms with van der Waals surface area (Å²) in [6, 6.07) is 0. The van der Waals surface area contributed by atoms with Crippen LogP contribution in [0.25, 0.3) is 0 Å². The molecule has 8 heavy (non-hydrogen) atoms. The lowest BCUT2D eigenvalue weighted by Crippen LogP contribution is -2.25. The summed E-state index contributed by atoms with van der Waals surface area (Å²) in [5.41, 5.74) is 0.209. The van der Waals surface area contributed by atoms with E-state index >= 15 is 0 Å².